The molecule has 96 valence electrons. The second kappa shape index (κ2) is 4.55. The molecular weight excluding hydrogens is 228 g/mol. The van der Waals surface area contributed by atoms with Gasteiger partial charge in [-0.2, -0.15) is 0 Å². The van der Waals surface area contributed by atoms with Crippen molar-refractivity contribution < 1.29 is 0 Å². The molecule has 0 aliphatic carbocycles. The summed E-state index contributed by atoms with van der Waals surface area (Å²) < 4.78 is 2.01. The zero-order valence-corrected chi connectivity index (χ0v) is 10.8. The van der Waals surface area contributed by atoms with Crippen molar-refractivity contribution in [3.63, 3.8) is 0 Å². The van der Waals surface area contributed by atoms with E-state index >= 15 is 0 Å². The average molecular weight is 246 g/mol. The van der Waals surface area contributed by atoms with E-state index in [0.29, 0.717) is 0 Å². The predicted molar refractivity (Wildman–Crippen MR) is 71.2 cm³/mol. The fourth-order valence-electron chi connectivity index (χ4n) is 2.21. The van der Waals surface area contributed by atoms with Crippen LogP contribution >= 0.6 is 0 Å². The maximum atomic E-state index is 4.40. The lowest BCUT2D eigenvalue weighted by Crippen LogP contribution is -2.47. The van der Waals surface area contributed by atoms with Gasteiger partial charge in [-0.25, -0.2) is 15.0 Å². The highest BCUT2D eigenvalue weighted by atomic mass is 15.5. The number of nitrogens with one attached hydrogen (secondary N) is 1. The molecule has 0 amide bonds. The average Bonchev–Trinajstić information content (AvgIpc) is 2.76. The molecule has 0 atom stereocenters. The molecule has 2 aromatic rings. The van der Waals surface area contributed by atoms with Gasteiger partial charge in [0.2, 0.25) is 0 Å². The summed E-state index contributed by atoms with van der Waals surface area (Å²) >= 11 is 0. The molecule has 1 aliphatic rings. The van der Waals surface area contributed by atoms with E-state index in [-0.39, 0.29) is 0 Å². The van der Waals surface area contributed by atoms with E-state index in [1.54, 1.807) is 0 Å². The zero-order valence-electron chi connectivity index (χ0n) is 10.8. The first-order chi connectivity index (χ1) is 8.74. The van der Waals surface area contributed by atoms with Crippen molar-refractivity contribution in [2.75, 3.05) is 38.7 Å². The number of aromatic nitrogens is 3. The van der Waals surface area contributed by atoms with Crippen molar-refractivity contribution in [2.45, 2.75) is 0 Å². The summed E-state index contributed by atoms with van der Waals surface area (Å²) in [6.07, 6.45) is 3.64. The quantitative estimate of drug-likeness (QED) is 0.838. The fourth-order valence-corrected chi connectivity index (χ4v) is 2.21. The Bertz CT molecular complexity index is 540. The Labute approximate surface area is 106 Å². The van der Waals surface area contributed by atoms with Crippen LogP contribution in [0.2, 0.25) is 0 Å². The molecule has 0 aromatic carbocycles. The second-order valence-corrected chi connectivity index (χ2v) is 4.78. The van der Waals surface area contributed by atoms with Gasteiger partial charge in [-0.15, -0.1) is 0 Å². The van der Waals surface area contributed by atoms with E-state index in [9.17, 15) is 0 Å². The molecule has 1 fully saturated rings. The van der Waals surface area contributed by atoms with Crippen LogP contribution in [0, 0.1) is 0 Å². The summed E-state index contributed by atoms with van der Waals surface area (Å²) in [6.45, 7) is 4.15. The lowest BCUT2D eigenvalue weighted by atomic mass is 10.3. The minimum Gasteiger partial charge on any atom is -0.334 e. The van der Waals surface area contributed by atoms with E-state index in [1.165, 1.54) is 0 Å². The summed E-state index contributed by atoms with van der Waals surface area (Å²) in [5, 5.41) is 2.20. The van der Waals surface area contributed by atoms with E-state index < -0.39 is 0 Å². The zero-order chi connectivity index (χ0) is 12.5. The minimum absolute atomic E-state index is 0.845. The molecule has 1 saturated heterocycles. The highest BCUT2D eigenvalue weighted by molar-refractivity contribution is 5.85. The van der Waals surface area contributed by atoms with Crippen molar-refractivity contribution in [3.8, 4) is 0 Å². The number of anilines is 1. The maximum Gasteiger partial charge on any atom is 0.168 e. The molecule has 0 bridgehead atoms. The molecule has 6 heteroatoms. The Morgan fingerprint density at radius 1 is 1.11 bits per heavy atom. The van der Waals surface area contributed by atoms with Gasteiger partial charge in [0.05, 0.1) is 11.8 Å². The van der Waals surface area contributed by atoms with Crippen molar-refractivity contribution in [2.24, 2.45) is 7.05 Å². The Hall–Kier alpha value is -1.66. The van der Waals surface area contributed by atoms with Crippen LogP contribution in [-0.4, -0.2) is 57.7 Å². The first-order valence-corrected chi connectivity index (χ1v) is 6.20. The van der Waals surface area contributed by atoms with E-state index in [2.05, 4.69) is 32.4 Å². The number of pyridine rings is 1. The number of hydrogen-bond donors (Lipinski definition) is 1. The Morgan fingerprint density at radius 3 is 2.67 bits per heavy atom. The first-order valence-electron chi connectivity index (χ1n) is 6.20. The summed E-state index contributed by atoms with van der Waals surface area (Å²) in [5.74, 6) is 0.845. The molecule has 1 aliphatic heterocycles. The van der Waals surface area contributed by atoms with Crippen LogP contribution < -0.4 is 5.43 Å². The molecule has 0 unspecified atom stereocenters. The van der Waals surface area contributed by atoms with Crippen LogP contribution in [0.1, 0.15) is 0 Å². The van der Waals surface area contributed by atoms with Gasteiger partial charge in [-0.05, 0) is 13.1 Å². The number of piperazine rings is 1. The molecule has 6 nitrogen and oxygen atoms in total. The number of hydrazine groups is 1. The molecule has 0 radical (unpaired) electrons. The summed E-state index contributed by atoms with van der Waals surface area (Å²) in [6, 6.07) is 1.98. The van der Waals surface area contributed by atoms with E-state index in [0.717, 1.165) is 43.0 Å². The van der Waals surface area contributed by atoms with Crippen LogP contribution in [0.4, 0.5) is 5.82 Å². The predicted octanol–water partition coefficient (Wildman–Crippen LogP) is 0.543. The SMILES string of the molecule is CN1CCN(Nc2nccc3c2ncn3C)CC1. The fraction of sp³-hybridized carbons (Fsp3) is 0.500. The van der Waals surface area contributed by atoms with Crippen molar-refractivity contribution in [1.82, 2.24) is 24.4 Å². The van der Waals surface area contributed by atoms with Gasteiger partial charge >= 0.3 is 0 Å². The molecule has 1 N–H and O–H groups in total. The van der Waals surface area contributed by atoms with Gasteiger partial charge in [0, 0.05) is 39.4 Å². The standard InChI is InChI=1S/C12H18N6/c1-16-5-7-18(8-6-16)15-12-11-10(3-4-13-12)17(2)9-14-11/h3-4,9H,5-8H2,1-2H3,(H,13,15). The molecule has 3 rings (SSSR count). The van der Waals surface area contributed by atoms with Gasteiger partial charge in [0.25, 0.3) is 0 Å². The molecule has 3 heterocycles. The lowest BCUT2D eigenvalue weighted by Gasteiger charge is -2.32. The van der Waals surface area contributed by atoms with Crippen LogP contribution in [0.3, 0.4) is 0 Å². The summed E-state index contributed by atoms with van der Waals surface area (Å²) in [7, 11) is 4.14. The number of hydrogen-bond acceptors (Lipinski definition) is 5. The number of fused-ring (bicyclic) bond motifs is 1. The monoisotopic (exact) mass is 246 g/mol. The highest BCUT2D eigenvalue weighted by Gasteiger charge is 2.15. The third-order valence-electron chi connectivity index (χ3n) is 3.41. The second-order valence-electron chi connectivity index (χ2n) is 4.78. The topological polar surface area (TPSA) is 49.2 Å². The van der Waals surface area contributed by atoms with Crippen LogP contribution in [-0.2, 0) is 7.05 Å². The molecule has 0 saturated carbocycles. The molecular formula is C12H18N6. The van der Waals surface area contributed by atoms with Crippen LogP contribution in [0.5, 0.6) is 0 Å². The van der Waals surface area contributed by atoms with Crippen molar-refractivity contribution in [1.29, 1.82) is 0 Å². The summed E-state index contributed by atoms with van der Waals surface area (Å²) in [4.78, 5) is 11.1. The van der Waals surface area contributed by atoms with Crippen molar-refractivity contribution >= 4 is 16.9 Å². The van der Waals surface area contributed by atoms with Gasteiger partial charge < -0.3 is 14.9 Å². The largest absolute Gasteiger partial charge is 0.334 e. The Morgan fingerprint density at radius 2 is 1.89 bits per heavy atom. The number of rotatable bonds is 2. The Kier molecular flexibility index (Phi) is 2.89. The number of aryl methyl sites for hydroxylation is 1. The lowest BCUT2D eigenvalue weighted by molar-refractivity contribution is 0.178. The number of imidazole rings is 1. The number of nitrogens with zero attached hydrogens (tertiary/aromatic N) is 5. The normalized spacial score (nSPS) is 18.3. The molecule has 18 heavy (non-hydrogen) atoms. The maximum absolute atomic E-state index is 4.40. The van der Waals surface area contributed by atoms with Gasteiger partial charge in [0.15, 0.2) is 5.82 Å². The van der Waals surface area contributed by atoms with E-state index in [4.69, 9.17) is 0 Å². The van der Waals surface area contributed by atoms with E-state index in [1.807, 2.05) is 30.2 Å². The van der Waals surface area contributed by atoms with Crippen molar-refractivity contribution in [3.05, 3.63) is 18.6 Å². The minimum atomic E-state index is 0.845. The summed E-state index contributed by atoms with van der Waals surface area (Å²) in [5.41, 5.74) is 5.41. The Balaban J connectivity index is 1.82. The third kappa shape index (κ3) is 2.04. The molecule has 0 spiro atoms. The molecule has 2 aromatic heterocycles. The van der Waals surface area contributed by atoms with Crippen LogP contribution in [0.25, 0.3) is 11.0 Å². The highest BCUT2D eigenvalue weighted by Crippen LogP contribution is 2.19. The van der Waals surface area contributed by atoms with Gasteiger partial charge in [0.1, 0.15) is 5.52 Å². The number of likely N-dealkylation sites (N-methyl/N-ethyl adjacent to an activating group) is 1. The smallest absolute Gasteiger partial charge is 0.168 e. The van der Waals surface area contributed by atoms with Crippen LogP contribution in [0.15, 0.2) is 18.6 Å². The van der Waals surface area contributed by atoms with Gasteiger partial charge in [-0.3, -0.25) is 0 Å². The third-order valence-corrected chi connectivity index (χ3v) is 3.41. The first kappa shape index (κ1) is 11.4. The van der Waals surface area contributed by atoms with Gasteiger partial charge in [-0.1, -0.05) is 0 Å².